The number of halogens is 1. The maximum Gasteiger partial charge on any atom is 0.344 e. The molecular weight excluding hydrogens is 380 g/mol. The van der Waals surface area contributed by atoms with E-state index in [9.17, 15) is 9.59 Å². The van der Waals surface area contributed by atoms with Gasteiger partial charge in [-0.15, -0.1) is 0 Å². The van der Waals surface area contributed by atoms with Crippen molar-refractivity contribution < 1.29 is 14.7 Å². The third-order valence-corrected chi connectivity index (χ3v) is 6.39. The van der Waals surface area contributed by atoms with Gasteiger partial charge in [-0.05, 0) is 43.4 Å². The molecular formula is C20H23ClN4O3. The number of carbonyl (C=O) groups excluding carboxylic acids is 1. The van der Waals surface area contributed by atoms with Crippen molar-refractivity contribution in [2.75, 3.05) is 20.1 Å². The van der Waals surface area contributed by atoms with Crippen LogP contribution in [0.4, 0.5) is 4.79 Å². The number of hydrogen-bond acceptors (Lipinski definition) is 4. The summed E-state index contributed by atoms with van der Waals surface area (Å²) in [5.74, 6) is -0.143. The van der Waals surface area contributed by atoms with Crippen molar-refractivity contribution >= 4 is 23.6 Å². The highest BCUT2D eigenvalue weighted by atomic mass is 35.5. The lowest BCUT2D eigenvalue weighted by Crippen LogP contribution is -2.36. The lowest BCUT2D eigenvalue weighted by atomic mass is 10.0. The highest BCUT2D eigenvalue weighted by Gasteiger charge is 2.43. The molecule has 0 spiro atoms. The van der Waals surface area contributed by atoms with Crippen LogP contribution in [0.15, 0.2) is 36.7 Å². The number of carboxylic acids is 1. The Morgan fingerprint density at radius 3 is 2.54 bits per heavy atom. The van der Waals surface area contributed by atoms with Crippen molar-refractivity contribution in [2.24, 2.45) is 11.8 Å². The number of fused-ring (bicyclic) bond motifs is 1. The second-order valence-electron chi connectivity index (χ2n) is 7.82. The predicted molar refractivity (Wildman–Crippen MR) is 104 cm³/mol. The number of nitrogens with zero attached hydrogens (tertiary/aromatic N) is 4. The van der Waals surface area contributed by atoms with Crippen molar-refractivity contribution in [2.45, 2.75) is 25.4 Å². The van der Waals surface area contributed by atoms with Gasteiger partial charge in [0.25, 0.3) is 0 Å². The van der Waals surface area contributed by atoms with E-state index in [4.69, 9.17) is 16.7 Å². The van der Waals surface area contributed by atoms with Gasteiger partial charge in [-0.3, -0.25) is 4.90 Å². The zero-order valence-corrected chi connectivity index (χ0v) is 16.4. The van der Waals surface area contributed by atoms with Gasteiger partial charge in [0, 0.05) is 30.7 Å². The van der Waals surface area contributed by atoms with Gasteiger partial charge in [-0.25, -0.2) is 9.59 Å². The molecule has 1 aromatic carbocycles. The fourth-order valence-corrected chi connectivity index (χ4v) is 4.69. The standard InChI is InChI=1S/C20H23ClN4O3/c1-23(9-13-4-2-3-5-18(13)21)17-6-14-10-24(11-15(14)7-17)20(28)25-12-16(8-22-25)19(26)27/h2-5,8,12,14-15,17H,6-7,9-11H2,1H3,(H,26,27)/t14-,15+,17?. The van der Waals surface area contributed by atoms with Crippen LogP contribution in [0, 0.1) is 11.8 Å². The van der Waals surface area contributed by atoms with Gasteiger partial charge in [-0.2, -0.15) is 9.78 Å². The Balaban J connectivity index is 1.34. The van der Waals surface area contributed by atoms with Crippen LogP contribution < -0.4 is 0 Å². The van der Waals surface area contributed by atoms with Crippen LogP contribution in [-0.2, 0) is 6.54 Å². The van der Waals surface area contributed by atoms with Crippen LogP contribution >= 0.6 is 11.6 Å². The molecule has 2 fully saturated rings. The summed E-state index contributed by atoms with van der Waals surface area (Å²) in [5, 5.41) is 13.7. The summed E-state index contributed by atoms with van der Waals surface area (Å²) < 4.78 is 1.13. The minimum atomic E-state index is -1.08. The summed E-state index contributed by atoms with van der Waals surface area (Å²) in [7, 11) is 2.13. The fraction of sp³-hybridized carbons (Fsp3) is 0.450. The average Bonchev–Trinajstić information content (AvgIpc) is 3.37. The highest BCUT2D eigenvalue weighted by Crippen LogP contribution is 2.40. The molecule has 3 atom stereocenters. The molecule has 2 aromatic rings. The number of aromatic nitrogens is 2. The Morgan fingerprint density at radius 2 is 1.93 bits per heavy atom. The van der Waals surface area contributed by atoms with Crippen LogP contribution in [0.1, 0.15) is 28.8 Å². The van der Waals surface area contributed by atoms with E-state index in [1.807, 2.05) is 18.2 Å². The third-order valence-electron chi connectivity index (χ3n) is 6.02. The summed E-state index contributed by atoms with van der Waals surface area (Å²) in [4.78, 5) is 27.7. The summed E-state index contributed by atoms with van der Waals surface area (Å²) in [6.45, 7) is 2.21. The first kappa shape index (κ1) is 19.0. The number of likely N-dealkylation sites (tertiary alicyclic amines) is 1. The van der Waals surface area contributed by atoms with Crippen LogP contribution in [0.25, 0.3) is 0 Å². The first-order valence-corrected chi connectivity index (χ1v) is 9.81. The van der Waals surface area contributed by atoms with Gasteiger partial charge in [0.2, 0.25) is 0 Å². The molecule has 2 aliphatic rings. The van der Waals surface area contributed by atoms with Crippen molar-refractivity contribution in [3.8, 4) is 0 Å². The molecule has 8 heteroatoms. The van der Waals surface area contributed by atoms with E-state index in [-0.39, 0.29) is 11.6 Å². The molecule has 0 radical (unpaired) electrons. The van der Waals surface area contributed by atoms with E-state index in [1.165, 1.54) is 12.4 Å². The molecule has 7 nitrogen and oxygen atoms in total. The largest absolute Gasteiger partial charge is 0.478 e. The number of benzene rings is 1. The number of carboxylic acid groups (broad SMARTS) is 1. The number of hydrogen-bond donors (Lipinski definition) is 1. The van der Waals surface area contributed by atoms with Crippen molar-refractivity contribution in [1.29, 1.82) is 0 Å². The number of carbonyl (C=O) groups is 2. The molecule has 1 unspecified atom stereocenters. The Kier molecular flexibility index (Phi) is 5.12. The number of amides is 1. The predicted octanol–water partition coefficient (Wildman–Crippen LogP) is 3.05. The fourth-order valence-electron chi connectivity index (χ4n) is 4.49. The molecule has 1 saturated heterocycles. The van der Waals surface area contributed by atoms with Crippen LogP contribution in [0.3, 0.4) is 0 Å². The lowest BCUT2D eigenvalue weighted by molar-refractivity contribution is 0.0697. The third kappa shape index (κ3) is 3.64. The molecule has 4 rings (SSSR count). The van der Waals surface area contributed by atoms with E-state index in [0.29, 0.717) is 31.0 Å². The van der Waals surface area contributed by atoms with Crippen LogP contribution in [0.2, 0.25) is 5.02 Å². The first-order chi connectivity index (χ1) is 13.4. The summed E-state index contributed by atoms with van der Waals surface area (Å²) in [6, 6.07) is 8.16. The quantitative estimate of drug-likeness (QED) is 0.850. The minimum Gasteiger partial charge on any atom is -0.478 e. The Hall–Kier alpha value is -2.38. The van der Waals surface area contributed by atoms with Gasteiger partial charge >= 0.3 is 12.0 Å². The van der Waals surface area contributed by atoms with Gasteiger partial charge in [0.15, 0.2) is 0 Å². The van der Waals surface area contributed by atoms with Crippen LogP contribution in [-0.4, -0.2) is 62.9 Å². The number of aromatic carboxylic acids is 1. The van der Waals surface area contributed by atoms with Crippen molar-refractivity contribution in [3.63, 3.8) is 0 Å². The van der Waals surface area contributed by atoms with Gasteiger partial charge < -0.3 is 10.0 Å². The van der Waals surface area contributed by atoms with Gasteiger partial charge in [-0.1, -0.05) is 29.8 Å². The highest BCUT2D eigenvalue weighted by molar-refractivity contribution is 6.31. The lowest BCUT2D eigenvalue weighted by Gasteiger charge is -2.26. The zero-order chi connectivity index (χ0) is 19.8. The molecule has 2 heterocycles. The van der Waals surface area contributed by atoms with E-state index >= 15 is 0 Å². The monoisotopic (exact) mass is 402 g/mol. The smallest absolute Gasteiger partial charge is 0.344 e. The van der Waals surface area contributed by atoms with Gasteiger partial charge in [0.1, 0.15) is 0 Å². The van der Waals surface area contributed by atoms with E-state index in [2.05, 4.69) is 23.1 Å². The minimum absolute atomic E-state index is 0.0222. The summed E-state index contributed by atoms with van der Waals surface area (Å²) in [5.41, 5.74) is 1.16. The van der Waals surface area contributed by atoms with E-state index in [0.717, 1.165) is 34.7 Å². The SMILES string of the molecule is CN(Cc1ccccc1Cl)C1C[C@@H]2CN(C(=O)n3cc(C(=O)O)cn3)C[C@@H]2C1. The second kappa shape index (κ2) is 7.56. The van der Waals surface area contributed by atoms with Crippen molar-refractivity contribution in [1.82, 2.24) is 19.6 Å². The molecule has 148 valence electrons. The summed E-state index contributed by atoms with van der Waals surface area (Å²) >= 11 is 6.29. The Labute approximate surface area is 168 Å². The van der Waals surface area contributed by atoms with Crippen LogP contribution in [0.5, 0.6) is 0 Å². The normalized spacial score (nSPS) is 24.0. The Morgan fingerprint density at radius 1 is 1.25 bits per heavy atom. The topological polar surface area (TPSA) is 78.7 Å². The maximum atomic E-state index is 12.6. The molecule has 28 heavy (non-hydrogen) atoms. The van der Waals surface area contributed by atoms with Crippen molar-refractivity contribution in [3.05, 3.63) is 52.8 Å². The van der Waals surface area contributed by atoms with Gasteiger partial charge in [0.05, 0.1) is 18.0 Å². The molecule has 1 amide bonds. The first-order valence-electron chi connectivity index (χ1n) is 9.43. The average molecular weight is 403 g/mol. The second-order valence-corrected chi connectivity index (χ2v) is 8.23. The molecule has 1 N–H and O–H groups in total. The number of rotatable bonds is 4. The molecule has 1 aromatic heterocycles. The Bertz CT molecular complexity index is 885. The molecule has 1 aliphatic heterocycles. The zero-order valence-electron chi connectivity index (χ0n) is 15.7. The molecule has 1 saturated carbocycles. The summed E-state index contributed by atoms with van der Waals surface area (Å²) in [6.07, 6.45) is 4.58. The van der Waals surface area contributed by atoms with E-state index in [1.54, 1.807) is 4.90 Å². The van der Waals surface area contributed by atoms with E-state index < -0.39 is 5.97 Å². The molecule has 0 bridgehead atoms. The maximum absolute atomic E-state index is 12.6. The molecule has 1 aliphatic carbocycles.